The lowest BCUT2D eigenvalue weighted by atomic mass is 9.99. The highest BCUT2D eigenvalue weighted by Gasteiger charge is 2.22. The Morgan fingerprint density at radius 2 is 1.17 bits per heavy atom. The van der Waals surface area contributed by atoms with E-state index in [1.54, 1.807) is 4.57 Å². The number of rotatable bonds is 5. The SMILES string of the molecule is [2H]c1cc([2H])c2c(c1[2H])c1c3c([2H])c([2H])c([2H])c([2H])c3c([2H])c([2H])c1n2-c1cc(-c2cccc3c2oc2ccccc23)ccc1-c1nc(-c2ccccc2)nc(-c2ccccc2)n1. The van der Waals surface area contributed by atoms with Crippen molar-refractivity contribution in [3.63, 3.8) is 0 Å². The molecule has 8 aromatic carbocycles. The Balaban J connectivity index is 1.33. The standard InChI is InChI=1S/C49H30N4O/c1-3-15-32(16-4-1)47-50-48(33-17-5-2-6-18-33)52-49(51-47)40-28-26-34(36-22-13-23-38-37-20-10-12-25-44(37)54-46(36)38)30-43(40)53-41-24-11-9-21-39(41)45-35-19-8-7-14-31(35)27-29-42(45)53/h1-30H/i7D,8D,9D,14D,19D,21D,24D,27D,29D. The van der Waals surface area contributed by atoms with E-state index in [0.29, 0.717) is 39.6 Å². The smallest absolute Gasteiger partial charge is 0.166 e. The monoisotopic (exact) mass is 699 g/mol. The van der Waals surface area contributed by atoms with Crippen molar-refractivity contribution in [2.75, 3.05) is 0 Å². The Hall–Kier alpha value is -7.37. The van der Waals surface area contributed by atoms with Gasteiger partial charge in [-0.1, -0.05) is 151 Å². The van der Waals surface area contributed by atoms with E-state index in [1.807, 2.05) is 121 Å². The Bertz CT molecular complexity index is 3680. The third kappa shape index (κ3) is 4.76. The van der Waals surface area contributed by atoms with Crippen molar-refractivity contribution < 1.29 is 16.8 Å². The molecule has 252 valence electrons. The molecular weight excluding hydrogens is 661 g/mol. The van der Waals surface area contributed by atoms with Crippen LogP contribution in [0.3, 0.4) is 0 Å². The van der Waals surface area contributed by atoms with Crippen molar-refractivity contribution in [1.82, 2.24) is 19.5 Å². The highest BCUT2D eigenvalue weighted by Crippen LogP contribution is 2.42. The number of hydrogen-bond acceptors (Lipinski definition) is 4. The number of furan rings is 1. The summed E-state index contributed by atoms with van der Waals surface area (Å²) in [6, 6.07) is 35.7. The van der Waals surface area contributed by atoms with Crippen LogP contribution in [0.4, 0.5) is 0 Å². The highest BCUT2D eigenvalue weighted by molar-refractivity contribution is 6.21. The van der Waals surface area contributed by atoms with Gasteiger partial charge >= 0.3 is 0 Å². The van der Waals surface area contributed by atoms with Crippen molar-refractivity contribution in [3.8, 4) is 51.0 Å². The second-order valence-electron chi connectivity index (χ2n) is 12.9. The fourth-order valence-corrected chi connectivity index (χ4v) is 7.34. The number of nitrogens with zero attached hydrogens (tertiary/aromatic N) is 4. The van der Waals surface area contributed by atoms with Gasteiger partial charge in [0.15, 0.2) is 17.5 Å². The average Bonchev–Trinajstić information content (AvgIpc) is 3.88. The van der Waals surface area contributed by atoms with Gasteiger partial charge in [-0.15, -0.1) is 0 Å². The van der Waals surface area contributed by atoms with Crippen LogP contribution < -0.4 is 0 Å². The molecule has 0 aliphatic carbocycles. The van der Waals surface area contributed by atoms with E-state index in [-0.39, 0.29) is 56.5 Å². The molecule has 0 atom stereocenters. The average molecular weight is 700 g/mol. The highest BCUT2D eigenvalue weighted by atomic mass is 16.3. The first-order valence-electron chi connectivity index (χ1n) is 21.9. The minimum absolute atomic E-state index is 0.0149. The molecule has 11 aromatic rings. The van der Waals surface area contributed by atoms with Crippen LogP contribution >= 0.6 is 0 Å². The lowest BCUT2D eigenvalue weighted by Gasteiger charge is -2.16. The van der Waals surface area contributed by atoms with Crippen LogP contribution in [0.2, 0.25) is 0 Å². The first-order valence-corrected chi connectivity index (χ1v) is 17.4. The van der Waals surface area contributed by atoms with Crippen molar-refractivity contribution >= 4 is 54.5 Å². The first-order chi connectivity index (χ1) is 30.5. The molecule has 54 heavy (non-hydrogen) atoms. The lowest BCUT2D eigenvalue weighted by Crippen LogP contribution is -2.04. The van der Waals surface area contributed by atoms with Gasteiger partial charge in [0, 0.05) is 43.8 Å². The van der Waals surface area contributed by atoms with Crippen LogP contribution in [0.15, 0.2) is 186 Å². The van der Waals surface area contributed by atoms with E-state index in [9.17, 15) is 5.48 Å². The summed E-state index contributed by atoms with van der Waals surface area (Å²) in [5.74, 6) is 0.999. The maximum Gasteiger partial charge on any atom is 0.166 e. The van der Waals surface area contributed by atoms with Crippen molar-refractivity contribution in [2.45, 2.75) is 0 Å². The summed E-state index contributed by atoms with van der Waals surface area (Å²) in [4.78, 5) is 15.0. The molecule has 5 nitrogen and oxygen atoms in total. The van der Waals surface area contributed by atoms with Crippen LogP contribution in [0.1, 0.15) is 12.3 Å². The number of fused-ring (bicyclic) bond motifs is 8. The molecule has 0 N–H and O–H groups in total. The Labute approximate surface area is 323 Å². The third-order valence-electron chi connectivity index (χ3n) is 9.79. The molecule has 5 heteroatoms. The van der Waals surface area contributed by atoms with Crippen LogP contribution in [0.25, 0.3) is 105 Å². The van der Waals surface area contributed by atoms with Crippen molar-refractivity contribution in [1.29, 1.82) is 0 Å². The lowest BCUT2D eigenvalue weighted by molar-refractivity contribution is 0.670. The quantitative estimate of drug-likeness (QED) is 0.179. The summed E-state index contributed by atoms with van der Waals surface area (Å²) in [5, 5.41) is 1.65. The molecule has 0 bridgehead atoms. The predicted octanol–water partition coefficient (Wildman–Crippen LogP) is 12.7. The summed E-state index contributed by atoms with van der Waals surface area (Å²) < 4.78 is 89.8. The van der Waals surface area contributed by atoms with Crippen LogP contribution in [-0.4, -0.2) is 19.5 Å². The van der Waals surface area contributed by atoms with Gasteiger partial charge in [-0.05, 0) is 46.6 Å². The zero-order valence-electron chi connectivity index (χ0n) is 37.3. The van der Waals surface area contributed by atoms with Crippen molar-refractivity contribution in [3.05, 3.63) is 182 Å². The molecule has 0 aliphatic rings. The van der Waals surface area contributed by atoms with E-state index in [0.717, 1.165) is 27.5 Å². The van der Waals surface area contributed by atoms with Crippen LogP contribution in [-0.2, 0) is 0 Å². The van der Waals surface area contributed by atoms with Gasteiger partial charge in [0.2, 0.25) is 0 Å². The van der Waals surface area contributed by atoms with E-state index >= 15 is 0 Å². The largest absolute Gasteiger partial charge is 0.455 e. The van der Waals surface area contributed by atoms with Gasteiger partial charge in [-0.2, -0.15) is 0 Å². The third-order valence-corrected chi connectivity index (χ3v) is 9.79. The van der Waals surface area contributed by atoms with E-state index in [2.05, 4.69) is 0 Å². The molecule has 0 saturated carbocycles. The van der Waals surface area contributed by atoms with Gasteiger partial charge in [0.25, 0.3) is 0 Å². The van der Waals surface area contributed by atoms with Crippen LogP contribution in [0, 0.1) is 0 Å². The second kappa shape index (κ2) is 12.1. The molecule has 0 unspecified atom stereocenters. The molecule has 11 rings (SSSR count). The Morgan fingerprint density at radius 1 is 0.463 bits per heavy atom. The molecular formula is C49H30N4O. The zero-order chi connectivity index (χ0) is 43.4. The summed E-state index contributed by atoms with van der Waals surface area (Å²) >= 11 is 0. The summed E-state index contributed by atoms with van der Waals surface area (Å²) in [6.07, 6.45) is 0. The maximum absolute atomic E-state index is 9.65. The van der Waals surface area contributed by atoms with Gasteiger partial charge < -0.3 is 8.98 Å². The van der Waals surface area contributed by atoms with E-state index < -0.39 is 36.3 Å². The van der Waals surface area contributed by atoms with Crippen LogP contribution in [0.5, 0.6) is 0 Å². The van der Waals surface area contributed by atoms with Gasteiger partial charge in [0.05, 0.1) is 29.1 Å². The van der Waals surface area contributed by atoms with E-state index in [1.165, 1.54) is 6.07 Å². The summed E-state index contributed by atoms with van der Waals surface area (Å²) in [6.45, 7) is 0. The normalized spacial score (nSPS) is 14.0. The van der Waals surface area contributed by atoms with Crippen molar-refractivity contribution in [2.24, 2.45) is 0 Å². The minimum Gasteiger partial charge on any atom is -0.455 e. The molecule has 0 saturated heterocycles. The number of aromatic nitrogens is 4. The van der Waals surface area contributed by atoms with Gasteiger partial charge in [0.1, 0.15) is 11.2 Å². The number of hydrogen-bond donors (Lipinski definition) is 0. The number of benzene rings is 8. The molecule has 0 amide bonds. The molecule has 0 fully saturated rings. The topological polar surface area (TPSA) is 56.7 Å². The Morgan fingerprint density at radius 3 is 1.98 bits per heavy atom. The number of para-hydroxylation sites is 3. The fourth-order valence-electron chi connectivity index (χ4n) is 7.34. The maximum atomic E-state index is 9.65. The summed E-state index contributed by atoms with van der Waals surface area (Å²) in [7, 11) is 0. The second-order valence-corrected chi connectivity index (χ2v) is 12.9. The Kier molecular flexibility index (Phi) is 5.06. The fraction of sp³-hybridized carbons (Fsp3) is 0. The molecule has 3 aromatic heterocycles. The van der Waals surface area contributed by atoms with Gasteiger partial charge in [-0.3, -0.25) is 0 Å². The molecule has 0 aliphatic heterocycles. The van der Waals surface area contributed by atoms with Gasteiger partial charge in [-0.25, -0.2) is 15.0 Å². The first kappa shape index (κ1) is 22.5. The molecule has 0 spiro atoms. The minimum atomic E-state index is -0.565. The molecule has 3 heterocycles. The zero-order valence-corrected chi connectivity index (χ0v) is 28.3. The predicted molar refractivity (Wildman–Crippen MR) is 221 cm³/mol. The summed E-state index contributed by atoms with van der Waals surface area (Å²) in [5.41, 5.74) is 5.07. The van der Waals surface area contributed by atoms with E-state index in [4.69, 9.17) is 26.2 Å². The molecule has 0 radical (unpaired) electrons.